The molecule has 0 unspecified atom stereocenters. The third-order valence-electron chi connectivity index (χ3n) is 3.58. The molecule has 3 aromatic rings. The Morgan fingerprint density at radius 1 is 1.33 bits per heavy atom. The van der Waals surface area contributed by atoms with Crippen LogP contribution in [0.25, 0.3) is 15.9 Å². The number of carbonyl (C=O) groups excluding carboxylic acids is 1. The third-order valence-corrected chi connectivity index (χ3v) is 4.68. The van der Waals surface area contributed by atoms with Crippen molar-refractivity contribution in [2.45, 2.75) is 13.8 Å². The monoisotopic (exact) mass is 299 g/mol. The van der Waals surface area contributed by atoms with Gasteiger partial charge in [-0.15, -0.1) is 11.3 Å². The Labute approximate surface area is 127 Å². The number of amides is 1. The first kappa shape index (κ1) is 13.8. The maximum absolute atomic E-state index is 12.3. The van der Waals surface area contributed by atoms with Crippen molar-refractivity contribution in [3.05, 3.63) is 47.0 Å². The van der Waals surface area contributed by atoms with Crippen LogP contribution in [0.3, 0.4) is 0 Å². The maximum Gasteiger partial charge on any atom is 0.263 e. The summed E-state index contributed by atoms with van der Waals surface area (Å²) in [5.74, 6) is 0.0673. The molecule has 0 fully saturated rings. The zero-order valence-electron chi connectivity index (χ0n) is 12.3. The second-order valence-electron chi connectivity index (χ2n) is 4.98. The summed E-state index contributed by atoms with van der Waals surface area (Å²) in [5.41, 5.74) is 1.96. The van der Waals surface area contributed by atoms with E-state index in [9.17, 15) is 4.79 Å². The maximum atomic E-state index is 12.3. The van der Waals surface area contributed by atoms with Crippen LogP contribution in [-0.2, 0) is 0 Å². The minimum atomic E-state index is 0.0673. The minimum Gasteiger partial charge on any atom is -0.341 e. The lowest BCUT2D eigenvalue weighted by molar-refractivity contribution is 0.0807. The molecule has 0 spiro atoms. The van der Waals surface area contributed by atoms with Crippen LogP contribution in [0.2, 0.25) is 0 Å². The summed E-state index contributed by atoms with van der Waals surface area (Å²) in [5, 5.41) is 5.64. The third kappa shape index (κ3) is 2.34. The highest BCUT2D eigenvalue weighted by atomic mass is 32.1. The van der Waals surface area contributed by atoms with Crippen LogP contribution >= 0.6 is 11.3 Å². The number of aryl methyl sites for hydroxylation is 1. The number of aromatic nitrogens is 2. The molecule has 0 aliphatic heterocycles. The van der Waals surface area contributed by atoms with Gasteiger partial charge in [0.25, 0.3) is 5.91 Å². The molecule has 0 bridgehead atoms. The van der Waals surface area contributed by atoms with Gasteiger partial charge < -0.3 is 4.90 Å². The van der Waals surface area contributed by atoms with Crippen LogP contribution < -0.4 is 0 Å². The van der Waals surface area contributed by atoms with Gasteiger partial charge in [-0.25, -0.2) is 4.68 Å². The highest BCUT2D eigenvalue weighted by molar-refractivity contribution is 7.20. The van der Waals surface area contributed by atoms with Gasteiger partial charge in [0.05, 0.1) is 16.3 Å². The van der Waals surface area contributed by atoms with Crippen molar-refractivity contribution in [3.63, 3.8) is 0 Å². The van der Waals surface area contributed by atoms with Gasteiger partial charge in [0.1, 0.15) is 4.83 Å². The molecule has 3 rings (SSSR count). The molecule has 0 atom stereocenters. The number of rotatable bonds is 3. The average molecular weight is 299 g/mol. The van der Waals surface area contributed by atoms with Crippen molar-refractivity contribution in [3.8, 4) is 5.69 Å². The smallest absolute Gasteiger partial charge is 0.263 e. The molecule has 21 heavy (non-hydrogen) atoms. The van der Waals surface area contributed by atoms with E-state index in [-0.39, 0.29) is 5.91 Å². The predicted molar refractivity (Wildman–Crippen MR) is 86.3 cm³/mol. The molecule has 2 aromatic heterocycles. The molecule has 0 N–H and O–H groups in total. The van der Waals surface area contributed by atoms with Gasteiger partial charge in [0.15, 0.2) is 0 Å². The normalized spacial score (nSPS) is 11.0. The first-order chi connectivity index (χ1) is 10.1. The fourth-order valence-electron chi connectivity index (χ4n) is 2.23. The van der Waals surface area contributed by atoms with Crippen molar-refractivity contribution in [1.82, 2.24) is 14.7 Å². The van der Waals surface area contributed by atoms with Crippen LogP contribution in [0.15, 0.2) is 36.4 Å². The lowest BCUT2D eigenvalue weighted by Crippen LogP contribution is -2.25. The van der Waals surface area contributed by atoms with E-state index >= 15 is 0 Å². The Hall–Kier alpha value is -2.14. The molecule has 0 saturated heterocycles. The van der Waals surface area contributed by atoms with E-state index in [4.69, 9.17) is 0 Å². The summed E-state index contributed by atoms with van der Waals surface area (Å²) in [4.78, 5) is 15.8. The van der Waals surface area contributed by atoms with Gasteiger partial charge in [0.2, 0.25) is 0 Å². The largest absolute Gasteiger partial charge is 0.341 e. The molecule has 0 radical (unpaired) electrons. The van der Waals surface area contributed by atoms with Crippen molar-refractivity contribution >= 4 is 27.5 Å². The van der Waals surface area contributed by atoms with Gasteiger partial charge in [-0.1, -0.05) is 18.2 Å². The number of fused-ring (bicyclic) bond motifs is 1. The molecule has 0 saturated carbocycles. The van der Waals surface area contributed by atoms with Crippen molar-refractivity contribution in [2.24, 2.45) is 0 Å². The van der Waals surface area contributed by atoms with Crippen molar-refractivity contribution in [1.29, 1.82) is 0 Å². The number of nitrogens with zero attached hydrogens (tertiary/aromatic N) is 3. The lowest BCUT2D eigenvalue weighted by Gasteiger charge is -2.12. The highest BCUT2D eigenvalue weighted by Crippen LogP contribution is 2.30. The van der Waals surface area contributed by atoms with E-state index in [0.29, 0.717) is 6.54 Å². The molecular weight excluding hydrogens is 282 g/mol. The number of hydrogen-bond donors (Lipinski definition) is 0. The number of para-hydroxylation sites is 1. The highest BCUT2D eigenvalue weighted by Gasteiger charge is 2.18. The van der Waals surface area contributed by atoms with Crippen LogP contribution in [0.1, 0.15) is 22.3 Å². The van der Waals surface area contributed by atoms with Crippen LogP contribution in [0, 0.1) is 6.92 Å². The fraction of sp³-hybridized carbons (Fsp3) is 0.250. The number of benzene rings is 1. The zero-order chi connectivity index (χ0) is 15.0. The standard InChI is InChI=1S/C16H17N3OS/c1-4-18(3)15(20)14-10-13-11(2)17-19(16(13)21-14)12-8-6-5-7-9-12/h5-10H,4H2,1-3H3. The summed E-state index contributed by atoms with van der Waals surface area (Å²) in [6.07, 6.45) is 0. The summed E-state index contributed by atoms with van der Waals surface area (Å²) in [7, 11) is 1.82. The summed E-state index contributed by atoms with van der Waals surface area (Å²) in [6.45, 7) is 4.66. The average Bonchev–Trinajstić information content (AvgIpc) is 3.07. The van der Waals surface area contributed by atoms with Gasteiger partial charge >= 0.3 is 0 Å². The number of hydrogen-bond acceptors (Lipinski definition) is 3. The quantitative estimate of drug-likeness (QED) is 0.742. The van der Waals surface area contributed by atoms with Crippen LogP contribution in [-0.4, -0.2) is 34.2 Å². The van der Waals surface area contributed by atoms with Gasteiger partial charge in [-0.05, 0) is 32.0 Å². The van der Waals surface area contributed by atoms with E-state index in [1.807, 2.05) is 62.0 Å². The molecular formula is C16H17N3OS. The Balaban J connectivity index is 2.13. The summed E-state index contributed by atoms with van der Waals surface area (Å²) >= 11 is 1.50. The molecule has 0 aliphatic rings. The molecule has 1 aromatic carbocycles. The van der Waals surface area contributed by atoms with Crippen LogP contribution in [0.5, 0.6) is 0 Å². The molecule has 1 amide bonds. The van der Waals surface area contributed by atoms with Gasteiger partial charge in [0, 0.05) is 19.0 Å². The number of carbonyl (C=O) groups is 1. The van der Waals surface area contributed by atoms with Gasteiger partial charge in [-0.3, -0.25) is 4.79 Å². The Kier molecular flexibility index (Phi) is 3.51. The second-order valence-corrected chi connectivity index (χ2v) is 6.01. The van der Waals surface area contributed by atoms with E-state index in [2.05, 4.69) is 5.10 Å². The van der Waals surface area contributed by atoms with E-state index < -0.39 is 0 Å². The van der Waals surface area contributed by atoms with E-state index in [1.165, 1.54) is 11.3 Å². The molecule has 108 valence electrons. The Bertz CT molecular complexity index is 789. The molecule has 2 heterocycles. The minimum absolute atomic E-state index is 0.0673. The van der Waals surface area contributed by atoms with E-state index in [1.54, 1.807) is 4.90 Å². The topological polar surface area (TPSA) is 38.1 Å². The predicted octanol–water partition coefficient (Wildman–Crippen LogP) is 3.49. The second kappa shape index (κ2) is 5.33. The Morgan fingerprint density at radius 2 is 2.05 bits per heavy atom. The summed E-state index contributed by atoms with van der Waals surface area (Å²) in [6, 6.07) is 12.0. The van der Waals surface area contributed by atoms with Crippen LogP contribution in [0.4, 0.5) is 0 Å². The van der Waals surface area contributed by atoms with Crippen molar-refractivity contribution < 1.29 is 4.79 Å². The van der Waals surface area contributed by atoms with E-state index in [0.717, 1.165) is 26.5 Å². The lowest BCUT2D eigenvalue weighted by atomic mass is 10.3. The molecule has 5 heteroatoms. The fourth-order valence-corrected chi connectivity index (χ4v) is 3.41. The molecule has 0 aliphatic carbocycles. The zero-order valence-corrected chi connectivity index (χ0v) is 13.1. The Morgan fingerprint density at radius 3 is 2.71 bits per heavy atom. The van der Waals surface area contributed by atoms with Gasteiger partial charge in [-0.2, -0.15) is 5.10 Å². The first-order valence-electron chi connectivity index (χ1n) is 6.92. The van der Waals surface area contributed by atoms with Crippen molar-refractivity contribution in [2.75, 3.05) is 13.6 Å². The first-order valence-corrected chi connectivity index (χ1v) is 7.73. The summed E-state index contributed by atoms with van der Waals surface area (Å²) < 4.78 is 1.91. The molecule has 4 nitrogen and oxygen atoms in total. The number of thiophene rings is 1. The SMILES string of the molecule is CCN(C)C(=O)c1cc2c(C)nn(-c3ccccc3)c2s1.